The van der Waals surface area contributed by atoms with Gasteiger partial charge in [0.2, 0.25) is 0 Å². The van der Waals surface area contributed by atoms with Crippen LogP contribution in [0.15, 0.2) is 48.5 Å². The van der Waals surface area contributed by atoms with Gasteiger partial charge in [-0.15, -0.1) is 0 Å². The molecule has 2 aromatic rings. The number of anilines is 1. The number of hydrogen-bond donors (Lipinski definition) is 1. The van der Waals surface area contributed by atoms with Crippen molar-refractivity contribution >= 4 is 17.3 Å². The summed E-state index contributed by atoms with van der Waals surface area (Å²) in [5.74, 6) is 0.713. The number of nitrogens with one attached hydrogen (secondary N) is 1. The Kier molecular flexibility index (Phi) is 3.02. The van der Waals surface area contributed by atoms with Crippen LogP contribution in [0.2, 0.25) is 5.02 Å². The van der Waals surface area contributed by atoms with Gasteiger partial charge < -0.3 is 10.1 Å². The van der Waals surface area contributed by atoms with Crippen LogP contribution in [0.4, 0.5) is 5.69 Å². The van der Waals surface area contributed by atoms with E-state index in [1.54, 1.807) is 12.1 Å². The van der Waals surface area contributed by atoms with Gasteiger partial charge in [-0.05, 0) is 23.8 Å². The van der Waals surface area contributed by atoms with Crippen molar-refractivity contribution in [3.05, 3.63) is 59.1 Å². The van der Waals surface area contributed by atoms with E-state index < -0.39 is 6.04 Å². The Bertz CT molecular complexity index is 636. The zero-order chi connectivity index (χ0) is 13.2. The molecule has 2 aromatic carbocycles. The molecule has 0 saturated carbocycles. The summed E-state index contributed by atoms with van der Waals surface area (Å²) < 4.78 is 5.93. The molecule has 3 nitrogen and oxygen atoms in total. The van der Waals surface area contributed by atoms with Crippen LogP contribution in [-0.2, 0) is 0 Å². The number of fused-ring (bicyclic) bond motifs is 1. The van der Waals surface area contributed by atoms with Crippen molar-refractivity contribution in [1.82, 2.24) is 0 Å². The van der Waals surface area contributed by atoms with Crippen LogP contribution in [0, 0.1) is 11.3 Å². The molecular weight excluding hydrogens is 260 g/mol. The Labute approximate surface area is 116 Å². The standard InChI is InChI=1S/C15H11ClN2O/c16-11-6-7-14-12(8-11)18-13(9-17)15(19-14)10-4-2-1-3-5-10/h1-8,13,15,18H. The van der Waals surface area contributed by atoms with Crippen molar-refractivity contribution in [1.29, 1.82) is 5.26 Å². The van der Waals surface area contributed by atoms with E-state index in [1.807, 2.05) is 36.4 Å². The molecule has 4 heteroatoms. The number of rotatable bonds is 1. The van der Waals surface area contributed by atoms with Crippen molar-refractivity contribution < 1.29 is 4.74 Å². The van der Waals surface area contributed by atoms with E-state index in [-0.39, 0.29) is 6.10 Å². The highest BCUT2D eigenvalue weighted by Crippen LogP contribution is 2.38. The molecule has 0 fully saturated rings. The predicted octanol–water partition coefficient (Wildman–Crippen LogP) is 3.78. The van der Waals surface area contributed by atoms with Crippen LogP contribution in [0.1, 0.15) is 11.7 Å². The summed E-state index contributed by atoms with van der Waals surface area (Å²) in [5.41, 5.74) is 1.73. The van der Waals surface area contributed by atoms with E-state index in [0.29, 0.717) is 10.8 Å². The van der Waals surface area contributed by atoms with E-state index in [1.165, 1.54) is 0 Å². The Morgan fingerprint density at radius 2 is 1.95 bits per heavy atom. The molecule has 94 valence electrons. The van der Waals surface area contributed by atoms with Gasteiger partial charge in [0.1, 0.15) is 5.75 Å². The first-order valence-electron chi connectivity index (χ1n) is 5.95. The minimum atomic E-state index is -0.437. The molecule has 3 rings (SSSR count). The Hall–Kier alpha value is -2.18. The number of ether oxygens (including phenoxy) is 1. The number of nitrogens with zero attached hydrogens (tertiary/aromatic N) is 1. The second kappa shape index (κ2) is 4.83. The minimum absolute atomic E-state index is 0.320. The van der Waals surface area contributed by atoms with Gasteiger partial charge in [0.25, 0.3) is 0 Å². The Morgan fingerprint density at radius 3 is 2.68 bits per heavy atom. The molecule has 2 unspecified atom stereocenters. The molecule has 1 N–H and O–H groups in total. The highest BCUT2D eigenvalue weighted by molar-refractivity contribution is 6.30. The number of halogens is 1. The highest BCUT2D eigenvalue weighted by atomic mass is 35.5. The van der Waals surface area contributed by atoms with E-state index in [0.717, 1.165) is 11.3 Å². The molecule has 0 amide bonds. The lowest BCUT2D eigenvalue weighted by Gasteiger charge is -2.31. The lowest BCUT2D eigenvalue weighted by molar-refractivity contribution is 0.190. The first-order valence-corrected chi connectivity index (χ1v) is 6.33. The molecule has 0 bridgehead atoms. The summed E-state index contributed by atoms with van der Waals surface area (Å²) in [5, 5.41) is 13.1. The highest BCUT2D eigenvalue weighted by Gasteiger charge is 2.30. The number of benzene rings is 2. The Morgan fingerprint density at radius 1 is 1.16 bits per heavy atom. The van der Waals surface area contributed by atoms with Crippen LogP contribution >= 0.6 is 11.6 Å². The van der Waals surface area contributed by atoms with Gasteiger partial charge in [0, 0.05) is 5.02 Å². The summed E-state index contributed by atoms with van der Waals surface area (Å²) in [7, 11) is 0. The molecule has 1 aliphatic heterocycles. The van der Waals surface area contributed by atoms with Gasteiger partial charge in [-0.25, -0.2) is 0 Å². The summed E-state index contributed by atoms with van der Waals surface area (Å²) in [4.78, 5) is 0. The van der Waals surface area contributed by atoms with E-state index in [2.05, 4.69) is 11.4 Å². The van der Waals surface area contributed by atoms with Crippen LogP contribution in [-0.4, -0.2) is 6.04 Å². The fourth-order valence-corrected chi connectivity index (χ4v) is 2.34. The third kappa shape index (κ3) is 2.23. The van der Waals surface area contributed by atoms with E-state index in [9.17, 15) is 5.26 Å². The molecule has 0 saturated heterocycles. The van der Waals surface area contributed by atoms with Crippen molar-refractivity contribution in [2.24, 2.45) is 0 Å². The predicted molar refractivity (Wildman–Crippen MR) is 74.3 cm³/mol. The lowest BCUT2D eigenvalue weighted by Crippen LogP contribution is -2.33. The molecule has 0 aliphatic carbocycles. The van der Waals surface area contributed by atoms with E-state index in [4.69, 9.17) is 16.3 Å². The summed E-state index contributed by atoms with van der Waals surface area (Å²) >= 11 is 5.94. The summed E-state index contributed by atoms with van der Waals surface area (Å²) in [6, 6.07) is 16.9. The van der Waals surface area contributed by atoms with Crippen LogP contribution < -0.4 is 10.1 Å². The smallest absolute Gasteiger partial charge is 0.157 e. The van der Waals surface area contributed by atoms with Gasteiger partial charge in [0.05, 0.1) is 11.8 Å². The topological polar surface area (TPSA) is 45.0 Å². The third-order valence-corrected chi connectivity index (χ3v) is 3.31. The average Bonchev–Trinajstić information content (AvgIpc) is 2.46. The Balaban J connectivity index is 2.00. The van der Waals surface area contributed by atoms with Gasteiger partial charge in [-0.3, -0.25) is 0 Å². The van der Waals surface area contributed by atoms with Crippen molar-refractivity contribution in [3.8, 4) is 11.8 Å². The molecular formula is C15H11ClN2O. The SMILES string of the molecule is N#CC1Nc2cc(Cl)ccc2OC1c1ccccc1. The van der Waals surface area contributed by atoms with Crippen molar-refractivity contribution in [2.45, 2.75) is 12.1 Å². The van der Waals surface area contributed by atoms with Gasteiger partial charge in [-0.1, -0.05) is 41.9 Å². The number of nitriles is 1. The molecule has 1 heterocycles. The fourth-order valence-electron chi connectivity index (χ4n) is 2.17. The van der Waals surface area contributed by atoms with Crippen LogP contribution in [0.5, 0.6) is 5.75 Å². The van der Waals surface area contributed by atoms with Gasteiger partial charge >= 0.3 is 0 Å². The fraction of sp³-hybridized carbons (Fsp3) is 0.133. The molecule has 2 atom stereocenters. The van der Waals surface area contributed by atoms with Crippen LogP contribution in [0.3, 0.4) is 0 Å². The zero-order valence-electron chi connectivity index (χ0n) is 10.0. The maximum absolute atomic E-state index is 9.29. The first kappa shape index (κ1) is 11.9. The maximum Gasteiger partial charge on any atom is 0.157 e. The normalized spacial score (nSPS) is 20.6. The maximum atomic E-state index is 9.29. The second-order valence-corrected chi connectivity index (χ2v) is 4.78. The quantitative estimate of drug-likeness (QED) is 0.858. The van der Waals surface area contributed by atoms with Crippen LogP contribution in [0.25, 0.3) is 0 Å². The zero-order valence-corrected chi connectivity index (χ0v) is 10.8. The summed E-state index contributed by atoms with van der Waals surface area (Å²) in [6.45, 7) is 0. The van der Waals surface area contributed by atoms with Crippen molar-refractivity contribution in [2.75, 3.05) is 5.32 Å². The molecule has 0 spiro atoms. The molecule has 1 aliphatic rings. The number of hydrogen-bond acceptors (Lipinski definition) is 3. The van der Waals surface area contributed by atoms with E-state index >= 15 is 0 Å². The van der Waals surface area contributed by atoms with Crippen molar-refractivity contribution in [3.63, 3.8) is 0 Å². The van der Waals surface area contributed by atoms with Gasteiger partial charge in [-0.2, -0.15) is 5.26 Å². The first-order chi connectivity index (χ1) is 9.28. The monoisotopic (exact) mass is 270 g/mol. The molecule has 0 aromatic heterocycles. The van der Waals surface area contributed by atoms with Gasteiger partial charge in [0.15, 0.2) is 12.1 Å². The third-order valence-electron chi connectivity index (χ3n) is 3.08. The minimum Gasteiger partial charge on any atom is -0.480 e. The molecule has 19 heavy (non-hydrogen) atoms. The average molecular weight is 271 g/mol. The largest absolute Gasteiger partial charge is 0.480 e. The lowest BCUT2D eigenvalue weighted by atomic mass is 10.0. The second-order valence-electron chi connectivity index (χ2n) is 4.34. The summed E-state index contributed by atoms with van der Waals surface area (Å²) in [6.07, 6.45) is -0.320. The molecule has 0 radical (unpaired) electrons.